The highest BCUT2D eigenvalue weighted by atomic mass is 35.5. The van der Waals surface area contributed by atoms with Crippen LogP contribution >= 0.6 is 11.6 Å². The quantitative estimate of drug-likeness (QED) is 0.906. The highest BCUT2D eigenvalue weighted by Crippen LogP contribution is 2.25. The fraction of sp³-hybridized carbons (Fsp3) is 0.438. The summed E-state index contributed by atoms with van der Waals surface area (Å²) in [6, 6.07) is 8.29. The summed E-state index contributed by atoms with van der Waals surface area (Å²) in [5.41, 5.74) is 4.71. The van der Waals surface area contributed by atoms with Gasteiger partial charge in [-0.05, 0) is 38.9 Å². The molecule has 1 atom stereocenters. The van der Waals surface area contributed by atoms with E-state index in [4.69, 9.17) is 11.6 Å². The molecule has 20 heavy (non-hydrogen) atoms. The predicted molar refractivity (Wildman–Crippen MR) is 84.3 cm³/mol. The third-order valence-electron chi connectivity index (χ3n) is 3.82. The largest absolute Gasteiger partial charge is 0.313 e. The summed E-state index contributed by atoms with van der Waals surface area (Å²) in [5, 5.41) is 8.83. The van der Waals surface area contributed by atoms with E-state index in [1.165, 1.54) is 11.3 Å². The molecule has 0 aliphatic heterocycles. The van der Waals surface area contributed by atoms with E-state index in [-0.39, 0.29) is 0 Å². The van der Waals surface area contributed by atoms with Gasteiger partial charge in [0.1, 0.15) is 0 Å². The van der Waals surface area contributed by atoms with Gasteiger partial charge in [-0.25, -0.2) is 0 Å². The molecular formula is C16H22ClN3. The van der Waals surface area contributed by atoms with Gasteiger partial charge in [-0.15, -0.1) is 0 Å². The summed E-state index contributed by atoms with van der Waals surface area (Å²) in [7, 11) is 2.00. The summed E-state index contributed by atoms with van der Waals surface area (Å²) in [6.07, 6.45) is 1.05. The van der Waals surface area contributed by atoms with Crippen molar-refractivity contribution >= 4 is 11.6 Å². The summed E-state index contributed by atoms with van der Waals surface area (Å²) in [6.45, 7) is 7.11. The van der Waals surface area contributed by atoms with Crippen LogP contribution in [-0.2, 0) is 6.54 Å². The van der Waals surface area contributed by atoms with Crippen molar-refractivity contribution in [3.8, 4) is 0 Å². The molecule has 0 amide bonds. The van der Waals surface area contributed by atoms with Crippen molar-refractivity contribution in [3.05, 3.63) is 51.8 Å². The summed E-state index contributed by atoms with van der Waals surface area (Å²) < 4.78 is 2.05. The van der Waals surface area contributed by atoms with Crippen LogP contribution in [0.5, 0.6) is 0 Å². The van der Waals surface area contributed by atoms with Crippen LogP contribution in [0.25, 0.3) is 0 Å². The molecule has 0 aliphatic carbocycles. The van der Waals surface area contributed by atoms with Gasteiger partial charge in [-0.3, -0.25) is 4.68 Å². The molecule has 2 rings (SSSR count). The molecule has 1 aromatic heterocycles. The number of halogens is 1. The van der Waals surface area contributed by atoms with E-state index in [0.29, 0.717) is 12.6 Å². The van der Waals surface area contributed by atoms with Gasteiger partial charge in [0.15, 0.2) is 0 Å². The normalized spacial score (nSPS) is 12.7. The lowest BCUT2D eigenvalue weighted by Gasteiger charge is -2.15. The van der Waals surface area contributed by atoms with Crippen LogP contribution < -0.4 is 5.32 Å². The number of nitrogens with zero attached hydrogens (tertiary/aromatic N) is 2. The fourth-order valence-electron chi connectivity index (χ4n) is 2.71. The summed E-state index contributed by atoms with van der Waals surface area (Å²) in [4.78, 5) is 0. The molecule has 0 spiro atoms. The lowest BCUT2D eigenvalue weighted by atomic mass is 10.0. The number of rotatable bonds is 5. The maximum Gasteiger partial charge on any atom is 0.0677 e. The molecule has 2 aromatic rings. The van der Waals surface area contributed by atoms with Crippen molar-refractivity contribution in [1.29, 1.82) is 0 Å². The van der Waals surface area contributed by atoms with Crippen LogP contribution in [0.15, 0.2) is 24.3 Å². The molecule has 0 saturated carbocycles. The minimum Gasteiger partial charge on any atom is -0.313 e. The highest BCUT2D eigenvalue weighted by Gasteiger charge is 2.18. The Balaban J connectivity index is 2.35. The molecule has 3 nitrogen and oxygen atoms in total. The van der Waals surface area contributed by atoms with E-state index in [9.17, 15) is 0 Å². The van der Waals surface area contributed by atoms with Gasteiger partial charge in [0, 0.05) is 22.3 Å². The summed E-state index contributed by atoms with van der Waals surface area (Å²) in [5.74, 6) is 0. The number of benzene rings is 1. The van der Waals surface area contributed by atoms with Crippen molar-refractivity contribution in [3.63, 3.8) is 0 Å². The van der Waals surface area contributed by atoms with E-state index in [0.717, 1.165) is 22.7 Å². The van der Waals surface area contributed by atoms with Crippen LogP contribution in [0.2, 0.25) is 5.02 Å². The van der Waals surface area contributed by atoms with Gasteiger partial charge in [-0.2, -0.15) is 5.10 Å². The first-order valence-electron chi connectivity index (χ1n) is 7.03. The molecular weight excluding hydrogens is 270 g/mol. The average Bonchev–Trinajstić information content (AvgIpc) is 2.71. The standard InChI is InChI=1S/C16H22ClN3/c1-5-15(18-4)16-11(2)19-20(12(16)3)10-13-8-6-7-9-14(13)17/h6-9,15,18H,5,10H2,1-4H3. The number of aromatic nitrogens is 2. The Morgan fingerprint density at radius 3 is 2.60 bits per heavy atom. The second-order valence-corrected chi connectivity index (χ2v) is 5.49. The van der Waals surface area contributed by atoms with E-state index < -0.39 is 0 Å². The molecule has 108 valence electrons. The lowest BCUT2D eigenvalue weighted by Crippen LogP contribution is -2.17. The second kappa shape index (κ2) is 6.42. The first kappa shape index (κ1) is 15.1. The van der Waals surface area contributed by atoms with Crippen LogP contribution in [0, 0.1) is 13.8 Å². The van der Waals surface area contributed by atoms with E-state index in [1.54, 1.807) is 0 Å². The number of hydrogen-bond donors (Lipinski definition) is 1. The zero-order valence-electron chi connectivity index (χ0n) is 12.6. The smallest absolute Gasteiger partial charge is 0.0677 e. The maximum absolute atomic E-state index is 6.24. The topological polar surface area (TPSA) is 29.9 Å². The summed E-state index contributed by atoms with van der Waals surface area (Å²) >= 11 is 6.24. The highest BCUT2D eigenvalue weighted by molar-refractivity contribution is 6.31. The molecule has 4 heteroatoms. The van der Waals surface area contributed by atoms with Crippen molar-refractivity contribution in [2.24, 2.45) is 0 Å². The Labute approximate surface area is 126 Å². The Kier molecular flexibility index (Phi) is 4.84. The Morgan fingerprint density at radius 2 is 2.00 bits per heavy atom. The maximum atomic E-state index is 6.24. The second-order valence-electron chi connectivity index (χ2n) is 5.08. The number of hydrogen-bond acceptors (Lipinski definition) is 2. The Bertz CT molecular complexity index is 585. The van der Waals surface area contributed by atoms with Crippen molar-refractivity contribution in [1.82, 2.24) is 15.1 Å². The van der Waals surface area contributed by atoms with E-state index in [1.807, 2.05) is 36.0 Å². The van der Waals surface area contributed by atoms with Crippen molar-refractivity contribution in [2.75, 3.05) is 7.05 Å². The van der Waals surface area contributed by atoms with Crippen LogP contribution in [0.1, 0.15) is 41.9 Å². The van der Waals surface area contributed by atoms with Crippen LogP contribution in [-0.4, -0.2) is 16.8 Å². The van der Waals surface area contributed by atoms with Gasteiger partial charge < -0.3 is 5.32 Å². The third kappa shape index (κ3) is 2.89. The monoisotopic (exact) mass is 291 g/mol. The Hall–Kier alpha value is -1.32. The molecule has 0 aliphatic rings. The minimum atomic E-state index is 0.356. The SMILES string of the molecule is CCC(NC)c1c(C)nn(Cc2ccccc2Cl)c1C. The van der Waals surface area contributed by atoms with Crippen molar-refractivity contribution < 1.29 is 0 Å². The molecule has 0 bridgehead atoms. The molecule has 1 heterocycles. The average molecular weight is 292 g/mol. The van der Waals surface area contributed by atoms with E-state index in [2.05, 4.69) is 31.2 Å². The predicted octanol–water partition coefficient (Wildman–Crippen LogP) is 3.87. The molecule has 1 unspecified atom stereocenters. The van der Waals surface area contributed by atoms with Crippen LogP contribution in [0.3, 0.4) is 0 Å². The minimum absolute atomic E-state index is 0.356. The van der Waals surface area contributed by atoms with Crippen molar-refractivity contribution in [2.45, 2.75) is 39.8 Å². The molecule has 0 radical (unpaired) electrons. The lowest BCUT2D eigenvalue weighted by molar-refractivity contribution is 0.568. The van der Waals surface area contributed by atoms with Crippen LogP contribution in [0.4, 0.5) is 0 Å². The zero-order valence-corrected chi connectivity index (χ0v) is 13.3. The van der Waals surface area contributed by atoms with Gasteiger partial charge in [0.25, 0.3) is 0 Å². The molecule has 0 fully saturated rings. The third-order valence-corrected chi connectivity index (χ3v) is 4.19. The molecule has 1 N–H and O–H groups in total. The van der Waals surface area contributed by atoms with E-state index >= 15 is 0 Å². The van der Waals surface area contributed by atoms with Gasteiger partial charge in [0.05, 0.1) is 12.2 Å². The Morgan fingerprint density at radius 1 is 1.30 bits per heavy atom. The first-order chi connectivity index (χ1) is 9.58. The molecule has 1 aromatic carbocycles. The zero-order chi connectivity index (χ0) is 14.7. The number of aryl methyl sites for hydroxylation is 1. The first-order valence-corrected chi connectivity index (χ1v) is 7.40. The van der Waals surface area contributed by atoms with Gasteiger partial charge in [-0.1, -0.05) is 36.7 Å². The number of nitrogens with one attached hydrogen (secondary N) is 1. The molecule has 0 saturated heterocycles. The van der Waals surface area contributed by atoms with Gasteiger partial charge in [0.2, 0.25) is 0 Å². The van der Waals surface area contributed by atoms with Gasteiger partial charge >= 0.3 is 0 Å². The fourth-order valence-corrected chi connectivity index (χ4v) is 2.91.